The number of benzene rings is 8. The highest BCUT2D eigenvalue weighted by atomic mass is 15.1. The van der Waals surface area contributed by atoms with Crippen LogP contribution in [-0.4, -0.2) is 0 Å². The second-order valence-corrected chi connectivity index (χ2v) is 19.3. The van der Waals surface area contributed by atoms with Gasteiger partial charge in [0.25, 0.3) is 0 Å². The summed E-state index contributed by atoms with van der Waals surface area (Å²) in [5.41, 5.74) is 24.2. The number of hydrogen-bond donors (Lipinski definition) is 0. The second-order valence-electron chi connectivity index (χ2n) is 19.3. The Morgan fingerprint density at radius 3 is 1.82 bits per heavy atom. The van der Waals surface area contributed by atoms with Crippen LogP contribution in [0.5, 0.6) is 0 Å². The van der Waals surface area contributed by atoms with E-state index in [4.69, 9.17) is 0 Å². The molecule has 13 rings (SSSR count). The third kappa shape index (κ3) is 4.62. The average Bonchev–Trinajstić information content (AvgIpc) is 4.11. The fraction of sp³-hybridized carbons (Fsp3) is 0.200. The number of rotatable bonds is 5. The third-order valence-electron chi connectivity index (χ3n) is 16.2. The van der Waals surface area contributed by atoms with Crippen molar-refractivity contribution >= 4 is 17.1 Å². The van der Waals surface area contributed by atoms with Gasteiger partial charge in [-0.15, -0.1) is 0 Å². The van der Waals surface area contributed by atoms with E-state index in [1.165, 1.54) is 115 Å². The average molecular weight is 784 g/mol. The lowest BCUT2D eigenvalue weighted by molar-refractivity contribution is 0.327. The van der Waals surface area contributed by atoms with Crippen molar-refractivity contribution in [2.45, 2.75) is 62.7 Å². The minimum Gasteiger partial charge on any atom is -0.310 e. The first-order valence-corrected chi connectivity index (χ1v) is 22.5. The number of hydrogen-bond acceptors (Lipinski definition) is 1. The predicted octanol–water partition coefficient (Wildman–Crippen LogP) is 15.6. The molecule has 0 N–H and O–H groups in total. The van der Waals surface area contributed by atoms with E-state index in [-0.39, 0.29) is 16.2 Å². The van der Waals surface area contributed by atoms with Crippen LogP contribution in [0.2, 0.25) is 0 Å². The topological polar surface area (TPSA) is 3.24 Å². The summed E-state index contributed by atoms with van der Waals surface area (Å²) in [4.78, 5) is 2.59. The summed E-state index contributed by atoms with van der Waals surface area (Å²) in [6, 6.07) is 69.6. The third-order valence-corrected chi connectivity index (χ3v) is 16.2. The fourth-order valence-corrected chi connectivity index (χ4v) is 13.6. The summed E-state index contributed by atoms with van der Waals surface area (Å²) in [5.74, 6) is 1.52. The summed E-state index contributed by atoms with van der Waals surface area (Å²) in [6.07, 6.45) is 5.34. The molecule has 5 aliphatic carbocycles. The van der Waals surface area contributed by atoms with Crippen molar-refractivity contribution in [3.63, 3.8) is 0 Å². The van der Waals surface area contributed by atoms with Gasteiger partial charge < -0.3 is 4.90 Å². The molecule has 8 aromatic rings. The molecule has 0 radical (unpaired) electrons. The molecule has 4 atom stereocenters. The Morgan fingerprint density at radius 1 is 0.459 bits per heavy atom. The zero-order chi connectivity index (χ0) is 40.7. The molecule has 0 heterocycles. The van der Waals surface area contributed by atoms with E-state index in [1.807, 2.05) is 0 Å². The normalized spacial score (nSPS) is 22.7. The minimum absolute atomic E-state index is 0.0890. The molecular weight excluding hydrogens is 735 g/mol. The molecule has 1 nitrogen and oxygen atoms in total. The van der Waals surface area contributed by atoms with Gasteiger partial charge in [0, 0.05) is 33.2 Å². The van der Waals surface area contributed by atoms with E-state index in [0.29, 0.717) is 5.92 Å². The maximum absolute atomic E-state index is 2.62. The monoisotopic (exact) mass is 783 g/mol. The number of nitrogens with zero attached hydrogens (tertiary/aromatic N) is 1. The first-order valence-electron chi connectivity index (χ1n) is 22.5. The van der Waals surface area contributed by atoms with Crippen LogP contribution in [-0.2, 0) is 16.2 Å². The van der Waals surface area contributed by atoms with Crippen LogP contribution in [0.4, 0.5) is 17.1 Å². The van der Waals surface area contributed by atoms with Crippen molar-refractivity contribution in [3.8, 4) is 44.5 Å². The molecule has 0 aliphatic heterocycles. The smallest absolute Gasteiger partial charge is 0.0543 e. The van der Waals surface area contributed by atoms with Gasteiger partial charge in [0.2, 0.25) is 0 Å². The van der Waals surface area contributed by atoms with Gasteiger partial charge in [0.1, 0.15) is 0 Å². The molecule has 1 heteroatoms. The SMILES string of the molecule is CC1(C)c2ccccc2-c2cccc(-c3ccc(N(c4ccc5c(c4)C4(CC6CCC4C6)c4ccccc4-5)c4cccc5c4-c4ccccc4C5(C)c4ccccc4)cc3)c21. The van der Waals surface area contributed by atoms with E-state index in [2.05, 4.69) is 208 Å². The van der Waals surface area contributed by atoms with Crippen LogP contribution < -0.4 is 4.90 Å². The molecule has 294 valence electrons. The Balaban J connectivity index is 1.02. The van der Waals surface area contributed by atoms with Crippen LogP contribution in [0.25, 0.3) is 44.5 Å². The molecule has 2 fully saturated rings. The van der Waals surface area contributed by atoms with Crippen LogP contribution >= 0.6 is 0 Å². The molecule has 61 heavy (non-hydrogen) atoms. The van der Waals surface area contributed by atoms with Crippen molar-refractivity contribution in [2.75, 3.05) is 4.90 Å². The van der Waals surface area contributed by atoms with Gasteiger partial charge in [-0.3, -0.25) is 0 Å². The summed E-state index contributed by atoms with van der Waals surface area (Å²) in [7, 11) is 0. The molecule has 5 aliphatic rings. The summed E-state index contributed by atoms with van der Waals surface area (Å²) in [6.45, 7) is 7.21. The summed E-state index contributed by atoms with van der Waals surface area (Å²) >= 11 is 0. The first kappa shape index (κ1) is 35.3. The van der Waals surface area contributed by atoms with Gasteiger partial charge >= 0.3 is 0 Å². The van der Waals surface area contributed by atoms with Gasteiger partial charge in [0.15, 0.2) is 0 Å². The number of anilines is 3. The lowest BCUT2D eigenvalue weighted by Crippen LogP contribution is -2.32. The van der Waals surface area contributed by atoms with Crippen molar-refractivity contribution < 1.29 is 0 Å². The van der Waals surface area contributed by atoms with Gasteiger partial charge in [-0.1, -0.05) is 172 Å². The zero-order valence-electron chi connectivity index (χ0n) is 35.3. The van der Waals surface area contributed by atoms with Gasteiger partial charge in [0.05, 0.1) is 5.69 Å². The molecule has 4 unspecified atom stereocenters. The highest BCUT2D eigenvalue weighted by molar-refractivity contribution is 5.97. The molecule has 2 saturated carbocycles. The molecule has 2 bridgehead atoms. The van der Waals surface area contributed by atoms with Gasteiger partial charge in [-0.05, 0) is 146 Å². The van der Waals surface area contributed by atoms with Crippen molar-refractivity contribution in [1.29, 1.82) is 0 Å². The molecule has 0 saturated heterocycles. The van der Waals surface area contributed by atoms with Gasteiger partial charge in [-0.2, -0.15) is 0 Å². The van der Waals surface area contributed by atoms with E-state index < -0.39 is 0 Å². The van der Waals surface area contributed by atoms with Crippen LogP contribution in [0.3, 0.4) is 0 Å². The largest absolute Gasteiger partial charge is 0.310 e. The molecule has 0 amide bonds. The predicted molar refractivity (Wildman–Crippen MR) is 253 cm³/mol. The van der Waals surface area contributed by atoms with Gasteiger partial charge in [-0.25, -0.2) is 0 Å². The number of fused-ring (bicyclic) bond motifs is 14. The summed E-state index contributed by atoms with van der Waals surface area (Å²) in [5, 5.41) is 0. The van der Waals surface area contributed by atoms with E-state index in [1.54, 1.807) is 11.1 Å². The summed E-state index contributed by atoms with van der Waals surface area (Å²) < 4.78 is 0. The first-order chi connectivity index (χ1) is 29.9. The lowest BCUT2D eigenvalue weighted by Gasteiger charge is -2.37. The standard InChI is InChI=1S/C60H49N/c1-58(2)50-22-10-7-18-46(50)48-21-13-20-44(57(48)58)39-28-31-42(32-29-39)61(43-33-34-47-45-17-8-12-24-52(45)60(54(47)36-43)37-38-27-30-41(60)35-38)55-26-14-25-53-56(55)49-19-9-11-23-51(49)59(53,3)40-15-5-4-6-16-40/h4-26,28-29,31-34,36,38,41H,27,30,35,37H2,1-3H3. The maximum atomic E-state index is 2.62. The Bertz CT molecular complexity index is 3100. The zero-order valence-corrected chi connectivity index (χ0v) is 35.3. The maximum Gasteiger partial charge on any atom is 0.0543 e. The Hall–Kier alpha value is -6.44. The Kier molecular flexibility index (Phi) is 7.27. The van der Waals surface area contributed by atoms with Crippen molar-refractivity contribution in [2.24, 2.45) is 11.8 Å². The van der Waals surface area contributed by atoms with Crippen molar-refractivity contribution in [1.82, 2.24) is 0 Å². The fourth-order valence-electron chi connectivity index (χ4n) is 13.6. The van der Waals surface area contributed by atoms with Crippen LogP contribution in [0.15, 0.2) is 182 Å². The Labute approximate surface area is 360 Å². The van der Waals surface area contributed by atoms with E-state index in [9.17, 15) is 0 Å². The second kappa shape index (κ2) is 12.6. The molecule has 0 aromatic heterocycles. The van der Waals surface area contributed by atoms with Crippen LogP contribution in [0.1, 0.15) is 85.4 Å². The van der Waals surface area contributed by atoms with E-state index >= 15 is 0 Å². The lowest BCUT2D eigenvalue weighted by atomic mass is 9.67. The van der Waals surface area contributed by atoms with Crippen molar-refractivity contribution in [3.05, 3.63) is 221 Å². The molecule has 8 aromatic carbocycles. The quantitative estimate of drug-likeness (QED) is 0.168. The Morgan fingerprint density at radius 2 is 1.07 bits per heavy atom. The minimum atomic E-state index is -0.288. The highest BCUT2D eigenvalue weighted by Gasteiger charge is 2.57. The van der Waals surface area contributed by atoms with Crippen LogP contribution in [0, 0.1) is 11.8 Å². The van der Waals surface area contributed by atoms with E-state index in [0.717, 1.165) is 5.92 Å². The molecule has 1 spiro atoms. The molecular formula is C60H49N. The highest BCUT2D eigenvalue weighted by Crippen LogP contribution is 2.66.